The molecule has 1 amide bonds. The van der Waals surface area contributed by atoms with Gasteiger partial charge < -0.3 is 20.1 Å². The molecule has 0 saturated carbocycles. The number of aromatic hydroxyl groups is 1. The number of methoxy groups -OCH3 is 1. The molecule has 0 fully saturated rings. The molecule has 146 valence electrons. The molecule has 0 saturated heterocycles. The highest BCUT2D eigenvalue weighted by Crippen LogP contribution is 2.32. The van der Waals surface area contributed by atoms with E-state index < -0.39 is 0 Å². The first-order chi connectivity index (χ1) is 14.2. The largest absolute Gasteiger partial charge is 0.506 e. The first kappa shape index (κ1) is 18.6. The fourth-order valence-corrected chi connectivity index (χ4v) is 3.49. The summed E-state index contributed by atoms with van der Waals surface area (Å²) >= 11 is 0. The Morgan fingerprint density at radius 1 is 1.00 bits per heavy atom. The maximum absolute atomic E-state index is 12.5. The van der Waals surface area contributed by atoms with Gasteiger partial charge in [0.05, 0.1) is 12.8 Å². The number of rotatable bonds is 6. The number of phenols is 1. The summed E-state index contributed by atoms with van der Waals surface area (Å²) in [6, 6.07) is 22.7. The quantitative estimate of drug-likeness (QED) is 0.403. The van der Waals surface area contributed by atoms with Gasteiger partial charge in [-0.1, -0.05) is 30.3 Å². The summed E-state index contributed by atoms with van der Waals surface area (Å²) in [5.41, 5.74) is 4.60. The van der Waals surface area contributed by atoms with E-state index in [-0.39, 0.29) is 11.7 Å². The van der Waals surface area contributed by atoms with Crippen LogP contribution in [0.4, 0.5) is 5.69 Å². The first-order valence-corrected chi connectivity index (χ1v) is 9.47. The molecule has 0 unspecified atom stereocenters. The molecular weight excluding hydrogens is 364 g/mol. The van der Waals surface area contributed by atoms with Crippen LogP contribution < -0.4 is 10.1 Å². The summed E-state index contributed by atoms with van der Waals surface area (Å²) in [4.78, 5) is 16.0. The smallest absolute Gasteiger partial charge is 0.224 e. The van der Waals surface area contributed by atoms with Gasteiger partial charge in [-0.05, 0) is 60.0 Å². The third-order valence-electron chi connectivity index (χ3n) is 4.97. The molecule has 3 aromatic carbocycles. The average molecular weight is 386 g/mol. The van der Waals surface area contributed by atoms with E-state index in [1.807, 2.05) is 42.5 Å². The molecular formula is C24H22N2O3. The number of hydrogen-bond acceptors (Lipinski definition) is 3. The number of phenolic OH excluding ortho intramolecular Hbond substituents is 1. The third kappa shape index (κ3) is 3.94. The summed E-state index contributed by atoms with van der Waals surface area (Å²) in [7, 11) is 1.65. The SMILES string of the molecule is COc1ccc(-c2[nH]c3ccccc3c2CCC(=O)Nc2ccccc2O)cc1. The second-order valence-corrected chi connectivity index (χ2v) is 6.82. The Kier molecular flexibility index (Phi) is 5.20. The van der Waals surface area contributed by atoms with Gasteiger partial charge in [0, 0.05) is 23.0 Å². The highest BCUT2D eigenvalue weighted by Gasteiger charge is 2.15. The Bertz CT molecular complexity index is 1150. The summed E-state index contributed by atoms with van der Waals surface area (Å²) in [5, 5.41) is 13.7. The van der Waals surface area contributed by atoms with E-state index in [9.17, 15) is 9.90 Å². The molecule has 5 nitrogen and oxygen atoms in total. The number of anilines is 1. The van der Waals surface area contributed by atoms with Crippen molar-refractivity contribution in [2.45, 2.75) is 12.8 Å². The van der Waals surface area contributed by atoms with Crippen LogP contribution in [-0.4, -0.2) is 23.1 Å². The van der Waals surface area contributed by atoms with Gasteiger partial charge in [0.25, 0.3) is 0 Å². The number of benzene rings is 3. The van der Waals surface area contributed by atoms with Crippen molar-refractivity contribution in [3.8, 4) is 22.8 Å². The predicted molar refractivity (Wildman–Crippen MR) is 115 cm³/mol. The Labute approximate surface area is 169 Å². The van der Waals surface area contributed by atoms with Crippen LogP contribution >= 0.6 is 0 Å². The number of hydrogen-bond donors (Lipinski definition) is 3. The maximum Gasteiger partial charge on any atom is 0.224 e. The van der Waals surface area contributed by atoms with Crippen LogP contribution in [0.1, 0.15) is 12.0 Å². The lowest BCUT2D eigenvalue weighted by Crippen LogP contribution is -2.12. The lowest BCUT2D eigenvalue weighted by atomic mass is 10.0. The average Bonchev–Trinajstić information content (AvgIpc) is 3.12. The number of aryl methyl sites for hydroxylation is 1. The molecule has 0 aliphatic heterocycles. The fourth-order valence-electron chi connectivity index (χ4n) is 3.49. The van der Waals surface area contributed by atoms with Crippen molar-refractivity contribution in [1.29, 1.82) is 0 Å². The van der Waals surface area contributed by atoms with E-state index in [0.717, 1.165) is 33.5 Å². The number of para-hydroxylation sites is 3. The number of carbonyl (C=O) groups excluding carboxylic acids is 1. The Balaban J connectivity index is 1.60. The highest BCUT2D eigenvalue weighted by atomic mass is 16.5. The van der Waals surface area contributed by atoms with Crippen LogP contribution in [-0.2, 0) is 11.2 Å². The van der Waals surface area contributed by atoms with Gasteiger partial charge in [0.2, 0.25) is 5.91 Å². The summed E-state index contributed by atoms with van der Waals surface area (Å²) in [6.45, 7) is 0. The van der Waals surface area contributed by atoms with Crippen LogP contribution in [0.3, 0.4) is 0 Å². The standard InChI is InChI=1S/C24H22N2O3/c1-29-17-12-10-16(11-13-17)24-19(18-6-2-3-7-20(18)26-24)14-15-23(28)25-21-8-4-5-9-22(21)27/h2-13,26-27H,14-15H2,1H3,(H,25,28). The van der Waals surface area contributed by atoms with Crippen molar-refractivity contribution in [3.63, 3.8) is 0 Å². The van der Waals surface area contributed by atoms with Crippen molar-refractivity contribution >= 4 is 22.5 Å². The number of fused-ring (bicyclic) bond motifs is 1. The minimum atomic E-state index is -0.141. The Morgan fingerprint density at radius 2 is 1.72 bits per heavy atom. The summed E-state index contributed by atoms with van der Waals surface area (Å²) in [6.07, 6.45) is 0.879. The van der Waals surface area contributed by atoms with E-state index in [1.165, 1.54) is 0 Å². The molecule has 0 spiro atoms. The topological polar surface area (TPSA) is 74.4 Å². The van der Waals surface area contributed by atoms with Gasteiger partial charge in [0.15, 0.2) is 0 Å². The zero-order chi connectivity index (χ0) is 20.2. The molecule has 0 aliphatic carbocycles. The summed E-state index contributed by atoms with van der Waals surface area (Å²) in [5.74, 6) is 0.720. The molecule has 0 bridgehead atoms. The van der Waals surface area contributed by atoms with E-state index in [2.05, 4.69) is 16.4 Å². The lowest BCUT2D eigenvalue weighted by Gasteiger charge is -2.09. The van der Waals surface area contributed by atoms with Crippen molar-refractivity contribution in [3.05, 3.63) is 78.4 Å². The first-order valence-electron chi connectivity index (χ1n) is 9.47. The van der Waals surface area contributed by atoms with Gasteiger partial charge in [-0.3, -0.25) is 4.79 Å². The molecule has 0 aliphatic rings. The van der Waals surface area contributed by atoms with E-state index in [4.69, 9.17) is 4.74 Å². The number of carbonyl (C=O) groups is 1. The molecule has 0 radical (unpaired) electrons. The Morgan fingerprint density at radius 3 is 2.48 bits per heavy atom. The molecule has 4 rings (SSSR count). The normalized spacial score (nSPS) is 10.8. The number of amides is 1. The van der Waals surface area contributed by atoms with Crippen LogP contribution in [0.15, 0.2) is 72.8 Å². The molecule has 1 heterocycles. The second kappa shape index (κ2) is 8.10. The number of ether oxygens (including phenoxy) is 1. The van der Waals surface area contributed by atoms with Crippen molar-refractivity contribution in [2.24, 2.45) is 0 Å². The molecule has 4 aromatic rings. The van der Waals surface area contributed by atoms with Gasteiger partial charge >= 0.3 is 0 Å². The van der Waals surface area contributed by atoms with Crippen LogP contribution in [0.5, 0.6) is 11.5 Å². The van der Waals surface area contributed by atoms with Gasteiger partial charge in [-0.2, -0.15) is 0 Å². The molecule has 1 aromatic heterocycles. The predicted octanol–water partition coefficient (Wildman–Crippen LogP) is 5.12. The third-order valence-corrected chi connectivity index (χ3v) is 4.97. The minimum absolute atomic E-state index is 0.0619. The zero-order valence-electron chi connectivity index (χ0n) is 16.1. The van der Waals surface area contributed by atoms with Crippen LogP contribution in [0.2, 0.25) is 0 Å². The van der Waals surface area contributed by atoms with Crippen LogP contribution in [0, 0.1) is 0 Å². The van der Waals surface area contributed by atoms with Crippen molar-refractivity contribution in [2.75, 3.05) is 12.4 Å². The number of aromatic nitrogens is 1. The molecule has 0 atom stereocenters. The molecule has 29 heavy (non-hydrogen) atoms. The van der Waals surface area contributed by atoms with E-state index in [0.29, 0.717) is 18.5 Å². The second-order valence-electron chi connectivity index (χ2n) is 6.82. The zero-order valence-corrected chi connectivity index (χ0v) is 16.1. The molecule has 5 heteroatoms. The van der Waals surface area contributed by atoms with Crippen molar-refractivity contribution in [1.82, 2.24) is 4.98 Å². The van der Waals surface area contributed by atoms with Gasteiger partial charge in [-0.25, -0.2) is 0 Å². The minimum Gasteiger partial charge on any atom is -0.506 e. The van der Waals surface area contributed by atoms with E-state index in [1.54, 1.807) is 31.4 Å². The maximum atomic E-state index is 12.5. The van der Waals surface area contributed by atoms with Crippen molar-refractivity contribution < 1.29 is 14.6 Å². The lowest BCUT2D eigenvalue weighted by molar-refractivity contribution is -0.116. The number of H-pyrrole nitrogens is 1. The van der Waals surface area contributed by atoms with Crippen LogP contribution in [0.25, 0.3) is 22.2 Å². The number of nitrogens with one attached hydrogen (secondary N) is 2. The van der Waals surface area contributed by atoms with Gasteiger partial charge in [0.1, 0.15) is 11.5 Å². The number of aromatic amines is 1. The highest BCUT2D eigenvalue weighted by molar-refractivity contribution is 5.94. The fraction of sp³-hybridized carbons (Fsp3) is 0.125. The van der Waals surface area contributed by atoms with E-state index >= 15 is 0 Å². The monoisotopic (exact) mass is 386 g/mol. The Hall–Kier alpha value is -3.73. The summed E-state index contributed by atoms with van der Waals surface area (Å²) < 4.78 is 5.26. The van der Waals surface area contributed by atoms with Gasteiger partial charge in [-0.15, -0.1) is 0 Å². The molecule has 3 N–H and O–H groups in total.